The standard InChI is InChI=1S/C15H26N2O3/c1-2-3-13(8-14(18)19)16-15(20)17(9-11-4-5-11)10-12-6-7-12/h11-13H,2-10H2,1H3,(H,16,20)(H,18,19). The molecule has 0 aliphatic heterocycles. The zero-order valence-electron chi connectivity index (χ0n) is 12.3. The van der Waals surface area contributed by atoms with E-state index in [9.17, 15) is 9.59 Å². The van der Waals surface area contributed by atoms with Gasteiger partial charge in [-0.3, -0.25) is 4.79 Å². The van der Waals surface area contributed by atoms with Gasteiger partial charge in [0.15, 0.2) is 0 Å². The minimum atomic E-state index is -0.848. The van der Waals surface area contributed by atoms with Crippen molar-refractivity contribution < 1.29 is 14.7 Å². The van der Waals surface area contributed by atoms with Crippen molar-refractivity contribution >= 4 is 12.0 Å². The lowest BCUT2D eigenvalue weighted by molar-refractivity contribution is -0.137. The Bertz CT molecular complexity index is 337. The number of carboxylic acids is 1. The van der Waals surface area contributed by atoms with E-state index in [-0.39, 0.29) is 18.5 Å². The first-order valence-electron chi connectivity index (χ1n) is 7.85. The third-order valence-corrected chi connectivity index (χ3v) is 4.02. The third-order valence-electron chi connectivity index (χ3n) is 4.02. The molecule has 2 rings (SSSR count). The average Bonchev–Trinajstić information content (AvgIpc) is 3.22. The maximum atomic E-state index is 12.4. The number of aliphatic carboxylic acids is 1. The first-order valence-corrected chi connectivity index (χ1v) is 7.85. The third kappa shape index (κ3) is 5.39. The van der Waals surface area contributed by atoms with Gasteiger partial charge in [0.05, 0.1) is 6.42 Å². The van der Waals surface area contributed by atoms with Crippen LogP contribution in [0.15, 0.2) is 0 Å². The minimum Gasteiger partial charge on any atom is -0.481 e. The molecule has 0 aromatic carbocycles. The molecule has 2 saturated carbocycles. The van der Waals surface area contributed by atoms with Crippen molar-refractivity contribution in [2.24, 2.45) is 11.8 Å². The molecule has 2 aliphatic rings. The molecule has 20 heavy (non-hydrogen) atoms. The van der Waals surface area contributed by atoms with Gasteiger partial charge in [0.2, 0.25) is 0 Å². The van der Waals surface area contributed by atoms with Crippen molar-refractivity contribution in [3.63, 3.8) is 0 Å². The SMILES string of the molecule is CCCC(CC(=O)O)NC(=O)N(CC1CC1)CC1CC1. The number of nitrogens with zero attached hydrogens (tertiary/aromatic N) is 1. The van der Waals surface area contributed by atoms with E-state index in [1.165, 1.54) is 25.7 Å². The lowest BCUT2D eigenvalue weighted by Crippen LogP contribution is -2.47. The zero-order valence-corrected chi connectivity index (χ0v) is 12.3. The number of hydrogen-bond donors (Lipinski definition) is 2. The fraction of sp³-hybridized carbons (Fsp3) is 0.867. The molecule has 1 unspecified atom stereocenters. The second-order valence-electron chi connectivity index (χ2n) is 6.32. The normalized spacial score (nSPS) is 19.4. The topological polar surface area (TPSA) is 69.6 Å². The number of nitrogens with one attached hydrogen (secondary N) is 1. The van der Waals surface area contributed by atoms with E-state index in [4.69, 9.17) is 5.11 Å². The summed E-state index contributed by atoms with van der Waals surface area (Å²) in [6, 6.07) is -0.311. The van der Waals surface area contributed by atoms with Crippen molar-refractivity contribution in [1.29, 1.82) is 0 Å². The number of hydrogen-bond acceptors (Lipinski definition) is 2. The first kappa shape index (κ1) is 15.1. The summed E-state index contributed by atoms with van der Waals surface area (Å²) in [6.07, 6.45) is 6.51. The summed E-state index contributed by atoms with van der Waals surface area (Å²) < 4.78 is 0. The van der Waals surface area contributed by atoms with Crippen LogP contribution in [-0.2, 0) is 4.79 Å². The van der Waals surface area contributed by atoms with Crippen LogP contribution in [0, 0.1) is 11.8 Å². The molecule has 1 atom stereocenters. The van der Waals surface area contributed by atoms with Gasteiger partial charge in [0.25, 0.3) is 0 Å². The second kappa shape index (κ2) is 6.95. The second-order valence-corrected chi connectivity index (χ2v) is 6.32. The molecule has 0 bridgehead atoms. The summed E-state index contributed by atoms with van der Waals surface area (Å²) >= 11 is 0. The van der Waals surface area contributed by atoms with Crippen LogP contribution in [0.4, 0.5) is 4.79 Å². The summed E-state index contributed by atoms with van der Waals surface area (Å²) in [5.74, 6) is 0.492. The van der Waals surface area contributed by atoms with Crippen molar-refractivity contribution in [1.82, 2.24) is 10.2 Å². The molecule has 2 aliphatic carbocycles. The fourth-order valence-corrected chi connectivity index (χ4v) is 2.51. The van der Waals surface area contributed by atoms with Gasteiger partial charge in [-0.15, -0.1) is 0 Å². The smallest absolute Gasteiger partial charge is 0.317 e. The molecule has 2 N–H and O–H groups in total. The van der Waals surface area contributed by atoms with E-state index >= 15 is 0 Å². The molecule has 5 nitrogen and oxygen atoms in total. The predicted octanol–water partition coefficient (Wildman–Crippen LogP) is 2.46. The highest BCUT2D eigenvalue weighted by Crippen LogP contribution is 2.33. The quantitative estimate of drug-likeness (QED) is 0.682. The monoisotopic (exact) mass is 282 g/mol. The minimum absolute atomic E-state index is 0.0142. The highest BCUT2D eigenvalue weighted by Gasteiger charge is 2.32. The Morgan fingerprint density at radius 1 is 1.20 bits per heavy atom. The van der Waals surface area contributed by atoms with E-state index in [0.29, 0.717) is 11.8 Å². The maximum absolute atomic E-state index is 12.4. The van der Waals surface area contributed by atoms with Crippen LogP contribution in [-0.4, -0.2) is 41.1 Å². The zero-order chi connectivity index (χ0) is 14.5. The van der Waals surface area contributed by atoms with E-state index in [1.54, 1.807) is 0 Å². The average molecular weight is 282 g/mol. The Morgan fingerprint density at radius 2 is 1.75 bits per heavy atom. The van der Waals surface area contributed by atoms with Crippen LogP contribution in [0.3, 0.4) is 0 Å². The molecule has 2 amide bonds. The molecule has 0 aromatic heterocycles. The van der Waals surface area contributed by atoms with Crippen LogP contribution in [0.2, 0.25) is 0 Å². The molecular formula is C15H26N2O3. The number of carboxylic acid groups (broad SMARTS) is 1. The lowest BCUT2D eigenvalue weighted by Gasteiger charge is -2.26. The summed E-state index contributed by atoms with van der Waals surface area (Å²) in [5.41, 5.74) is 0. The lowest BCUT2D eigenvalue weighted by atomic mass is 10.1. The van der Waals surface area contributed by atoms with Gasteiger partial charge >= 0.3 is 12.0 Å². The van der Waals surface area contributed by atoms with Crippen molar-refractivity contribution in [3.05, 3.63) is 0 Å². The molecule has 0 heterocycles. The van der Waals surface area contributed by atoms with E-state index in [2.05, 4.69) is 5.32 Å². The van der Waals surface area contributed by atoms with Crippen molar-refractivity contribution in [2.45, 2.75) is 57.9 Å². The Morgan fingerprint density at radius 3 is 2.15 bits per heavy atom. The van der Waals surface area contributed by atoms with Crippen LogP contribution >= 0.6 is 0 Å². The van der Waals surface area contributed by atoms with Gasteiger partial charge in [-0.05, 0) is 43.9 Å². The van der Waals surface area contributed by atoms with Gasteiger partial charge in [-0.25, -0.2) is 4.79 Å². The molecule has 0 spiro atoms. The summed E-state index contributed by atoms with van der Waals surface area (Å²) in [7, 11) is 0. The Labute approximate surface area is 120 Å². The van der Waals surface area contributed by atoms with Gasteiger partial charge in [0, 0.05) is 19.1 Å². The van der Waals surface area contributed by atoms with Crippen molar-refractivity contribution in [2.75, 3.05) is 13.1 Å². The molecule has 114 valence electrons. The Hall–Kier alpha value is -1.26. The van der Waals surface area contributed by atoms with Gasteiger partial charge < -0.3 is 15.3 Å². The van der Waals surface area contributed by atoms with E-state index < -0.39 is 5.97 Å². The molecule has 2 fully saturated rings. The number of amides is 2. The van der Waals surface area contributed by atoms with E-state index in [1.807, 2.05) is 11.8 Å². The van der Waals surface area contributed by atoms with E-state index in [0.717, 1.165) is 25.9 Å². The highest BCUT2D eigenvalue weighted by atomic mass is 16.4. The largest absolute Gasteiger partial charge is 0.481 e. The summed E-state index contributed by atoms with van der Waals surface area (Å²) in [4.78, 5) is 25.1. The van der Waals surface area contributed by atoms with Crippen LogP contribution in [0.5, 0.6) is 0 Å². The van der Waals surface area contributed by atoms with Crippen LogP contribution in [0.25, 0.3) is 0 Å². The van der Waals surface area contributed by atoms with Gasteiger partial charge in [-0.1, -0.05) is 13.3 Å². The highest BCUT2D eigenvalue weighted by molar-refractivity contribution is 5.76. The predicted molar refractivity (Wildman–Crippen MR) is 76.5 cm³/mol. The van der Waals surface area contributed by atoms with Crippen LogP contribution < -0.4 is 5.32 Å². The maximum Gasteiger partial charge on any atom is 0.317 e. The number of rotatable bonds is 9. The van der Waals surface area contributed by atoms with Crippen molar-refractivity contribution in [3.8, 4) is 0 Å². The number of carbonyl (C=O) groups is 2. The first-order chi connectivity index (χ1) is 9.58. The molecule has 0 saturated heterocycles. The van der Waals surface area contributed by atoms with Gasteiger partial charge in [-0.2, -0.15) is 0 Å². The Kier molecular flexibility index (Phi) is 5.26. The molecule has 5 heteroatoms. The molecular weight excluding hydrogens is 256 g/mol. The molecule has 0 radical (unpaired) electrons. The van der Waals surface area contributed by atoms with Crippen LogP contribution in [0.1, 0.15) is 51.9 Å². The summed E-state index contributed by atoms with van der Waals surface area (Å²) in [5, 5.41) is 11.8. The Balaban J connectivity index is 1.84. The van der Waals surface area contributed by atoms with Gasteiger partial charge in [0.1, 0.15) is 0 Å². The fourth-order valence-electron chi connectivity index (χ4n) is 2.51. The number of urea groups is 1. The summed E-state index contributed by atoms with van der Waals surface area (Å²) in [6.45, 7) is 3.69. The number of carbonyl (C=O) groups excluding carboxylic acids is 1. The molecule has 0 aromatic rings.